The molecule has 6 nitrogen and oxygen atoms in total. The molecule has 1 aromatic carbocycles. The van der Waals surface area contributed by atoms with Crippen LogP contribution in [-0.4, -0.2) is 39.6 Å². The van der Waals surface area contributed by atoms with Crippen molar-refractivity contribution in [3.05, 3.63) is 63.5 Å². The van der Waals surface area contributed by atoms with Crippen LogP contribution < -0.4 is 10.9 Å². The molecule has 1 fully saturated rings. The van der Waals surface area contributed by atoms with E-state index in [1.165, 1.54) is 23.0 Å². The molecule has 170 valence electrons. The topological polar surface area (TPSA) is 63.1 Å². The van der Waals surface area contributed by atoms with E-state index in [-0.39, 0.29) is 17.0 Å². The molecule has 3 heterocycles. The lowest BCUT2D eigenvalue weighted by Gasteiger charge is -2.30. The summed E-state index contributed by atoms with van der Waals surface area (Å²) in [5, 5.41) is 3.77. The molecule has 0 radical (unpaired) electrons. The van der Waals surface area contributed by atoms with Crippen LogP contribution in [0.3, 0.4) is 0 Å². The zero-order valence-electron chi connectivity index (χ0n) is 18.3. The molecule has 1 unspecified atom stereocenters. The highest BCUT2D eigenvalue weighted by Crippen LogP contribution is 2.31. The van der Waals surface area contributed by atoms with E-state index in [2.05, 4.69) is 20.2 Å². The Kier molecular flexibility index (Phi) is 6.19. The fraction of sp³-hybridized carbons (Fsp3) is 0.435. The van der Waals surface area contributed by atoms with Crippen LogP contribution >= 0.6 is 0 Å². The monoisotopic (exact) mass is 445 g/mol. The Morgan fingerprint density at radius 1 is 1.19 bits per heavy atom. The van der Waals surface area contributed by atoms with Gasteiger partial charge in [0.25, 0.3) is 12.0 Å². The Balaban J connectivity index is 1.75. The second kappa shape index (κ2) is 8.90. The lowest BCUT2D eigenvalue weighted by molar-refractivity contribution is 0.146. The highest BCUT2D eigenvalue weighted by molar-refractivity contribution is 5.87. The number of hydrogen-bond donors (Lipinski definition) is 1. The highest BCUT2D eigenvalue weighted by Gasteiger charge is 2.25. The summed E-state index contributed by atoms with van der Waals surface area (Å²) in [4.78, 5) is 23.8. The highest BCUT2D eigenvalue weighted by atomic mass is 19.3. The third-order valence-corrected chi connectivity index (χ3v) is 6.21. The molecule has 3 aromatic rings. The zero-order chi connectivity index (χ0) is 23.0. The summed E-state index contributed by atoms with van der Waals surface area (Å²) >= 11 is 0. The first kappa shape index (κ1) is 22.3. The number of alkyl halides is 2. The predicted molar refractivity (Wildman–Crippen MR) is 118 cm³/mol. The molecular weight excluding hydrogens is 419 g/mol. The summed E-state index contributed by atoms with van der Waals surface area (Å²) in [5.41, 5.74) is 0.548. The summed E-state index contributed by atoms with van der Waals surface area (Å²) in [6.07, 6.45) is 0.364. The average Bonchev–Trinajstić information content (AvgIpc) is 2.76. The van der Waals surface area contributed by atoms with Gasteiger partial charge < -0.3 is 10.2 Å². The van der Waals surface area contributed by atoms with E-state index in [9.17, 15) is 18.0 Å². The molecule has 0 bridgehead atoms. The van der Waals surface area contributed by atoms with Crippen LogP contribution in [0, 0.1) is 5.82 Å². The molecule has 0 aliphatic carbocycles. The Labute approximate surface area is 184 Å². The summed E-state index contributed by atoms with van der Waals surface area (Å²) in [6, 6.07) is 5.16. The maximum atomic E-state index is 14.6. The molecule has 9 heteroatoms. The van der Waals surface area contributed by atoms with Crippen molar-refractivity contribution in [1.29, 1.82) is 0 Å². The number of nitrogens with zero attached hydrogens (tertiary/aromatic N) is 4. The van der Waals surface area contributed by atoms with Crippen LogP contribution in [0.1, 0.15) is 54.8 Å². The van der Waals surface area contributed by atoms with Gasteiger partial charge in [-0.2, -0.15) is 0 Å². The van der Waals surface area contributed by atoms with Gasteiger partial charge in [-0.25, -0.2) is 23.1 Å². The van der Waals surface area contributed by atoms with Gasteiger partial charge in [-0.3, -0.25) is 9.36 Å². The van der Waals surface area contributed by atoms with Crippen LogP contribution in [0.4, 0.5) is 19.0 Å². The number of benzene rings is 1. The Hall–Kier alpha value is -2.94. The number of halogens is 3. The van der Waals surface area contributed by atoms with E-state index in [0.717, 1.165) is 32.0 Å². The van der Waals surface area contributed by atoms with Gasteiger partial charge in [-0.05, 0) is 39.4 Å². The normalized spacial score (nSPS) is 18.3. The predicted octanol–water partition coefficient (Wildman–Crippen LogP) is 4.39. The van der Waals surface area contributed by atoms with Gasteiger partial charge in [0.2, 0.25) is 0 Å². The minimum Gasteiger partial charge on any atom is -0.363 e. The second-order valence-electron chi connectivity index (χ2n) is 8.44. The number of aromatic nitrogens is 3. The van der Waals surface area contributed by atoms with E-state index in [1.807, 2.05) is 13.1 Å². The zero-order valence-corrected chi connectivity index (χ0v) is 18.3. The summed E-state index contributed by atoms with van der Waals surface area (Å²) in [6.45, 7) is 3.47. The first-order chi connectivity index (χ1) is 15.3. The number of fused-ring (bicyclic) bond motifs is 1. The number of likely N-dealkylation sites (tertiary alicyclic amines) is 1. The van der Waals surface area contributed by atoms with Crippen molar-refractivity contribution in [2.45, 2.75) is 38.2 Å². The molecule has 0 saturated carbocycles. The Bertz CT molecular complexity index is 1200. The van der Waals surface area contributed by atoms with E-state index in [1.54, 1.807) is 14.0 Å². The molecule has 0 spiro atoms. The number of likely N-dealkylation sites (N-methyl/N-ethyl adjacent to an activating group) is 1. The number of piperidine rings is 1. The van der Waals surface area contributed by atoms with E-state index in [0.29, 0.717) is 22.4 Å². The van der Waals surface area contributed by atoms with Crippen molar-refractivity contribution in [1.82, 2.24) is 19.4 Å². The third kappa shape index (κ3) is 4.09. The lowest BCUT2D eigenvalue weighted by Crippen LogP contribution is -2.34. The summed E-state index contributed by atoms with van der Waals surface area (Å²) in [7, 11) is 3.71. The molecule has 1 saturated heterocycles. The molecule has 0 amide bonds. The fourth-order valence-corrected chi connectivity index (χ4v) is 4.48. The fourth-order valence-electron chi connectivity index (χ4n) is 4.48. The molecule has 1 N–H and O–H groups in total. The van der Waals surface area contributed by atoms with Crippen LogP contribution in [0.2, 0.25) is 0 Å². The second-order valence-corrected chi connectivity index (χ2v) is 8.44. The van der Waals surface area contributed by atoms with Gasteiger partial charge in [0.05, 0.1) is 17.0 Å². The van der Waals surface area contributed by atoms with Crippen molar-refractivity contribution in [2.24, 2.45) is 7.05 Å². The van der Waals surface area contributed by atoms with Gasteiger partial charge in [-0.1, -0.05) is 18.2 Å². The molecule has 2 atom stereocenters. The number of aryl methyl sites for hydroxylation is 1. The largest absolute Gasteiger partial charge is 0.363 e. The minimum atomic E-state index is -2.90. The van der Waals surface area contributed by atoms with Crippen LogP contribution in [0.15, 0.2) is 35.4 Å². The number of pyridine rings is 1. The quantitative estimate of drug-likeness (QED) is 0.631. The van der Waals surface area contributed by atoms with E-state index >= 15 is 0 Å². The smallest absolute Gasteiger partial charge is 0.266 e. The van der Waals surface area contributed by atoms with Gasteiger partial charge in [0.1, 0.15) is 23.6 Å². The van der Waals surface area contributed by atoms with Crippen LogP contribution in [0.25, 0.3) is 11.0 Å². The van der Waals surface area contributed by atoms with Gasteiger partial charge in [-0.15, -0.1) is 0 Å². The minimum absolute atomic E-state index is 0.0915. The summed E-state index contributed by atoms with van der Waals surface area (Å²) < 4.78 is 42.4. The molecule has 4 rings (SSSR count). The molecule has 32 heavy (non-hydrogen) atoms. The molecule has 1 aliphatic heterocycles. The first-order valence-corrected chi connectivity index (χ1v) is 10.6. The van der Waals surface area contributed by atoms with Gasteiger partial charge in [0, 0.05) is 30.6 Å². The maximum absolute atomic E-state index is 14.6. The molecule has 1 aliphatic rings. The van der Waals surface area contributed by atoms with Gasteiger partial charge >= 0.3 is 0 Å². The van der Waals surface area contributed by atoms with E-state index in [4.69, 9.17) is 0 Å². The number of rotatable bonds is 5. The van der Waals surface area contributed by atoms with Crippen molar-refractivity contribution in [2.75, 3.05) is 25.5 Å². The lowest BCUT2D eigenvalue weighted by atomic mass is 9.91. The Morgan fingerprint density at radius 2 is 1.94 bits per heavy atom. The maximum Gasteiger partial charge on any atom is 0.266 e. The molecular formula is C23H26F3N5O. The number of anilines is 1. The SMILES string of the molecule is C[C@@H](Nc1ncnc2c1cc(C1CCCN(C)C1)c(=O)n2C)c1cccc(C(F)F)c1F. The first-order valence-electron chi connectivity index (χ1n) is 10.6. The summed E-state index contributed by atoms with van der Waals surface area (Å²) in [5.74, 6) is -0.410. The van der Waals surface area contributed by atoms with Crippen molar-refractivity contribution in [3.63, 3.8) is 0 Å². The van der Waals surface area contributed by atoms with Crippen molar-refractivity contribution >= 4 is 16.9 Å². The van der Waals surface area contributed by atoms with Crippen LogP contribution in [-0.2, 0) is 7.05 Å². The van der Waals surface area contributed by atoms with E-state index < -0.39 is 23.8 Å². The third-order valence-electron chi connectivity index (χ3n) is 6.21. The number of nitrogens with one attached hydrogen (secondary N) is 1. The van der Waals surface area contributed by atoms with Crippen LogP contribution in [0.5, 0.6) is 0 Å². The van der Waals surface area contributed by atoms with Gasteiger partial charge in [0.15, 0.2) is 0 Å². The average molecular weight is 445 g/mol. The molecule has 2 aromatic heterocycles. The van der Waals surface area contributed by atoms with Crippen molar-refractivity contribution < 1.29 is 13.2 Å². The standard InChI is InChI=1S/C23H26F3N5O/c1-13(15-7-4-8-16(19(15)24)20(25)26)29-21-18-10-17(14-6-5-9-30(2)11-14)23(32)31(3)22(18)28-12-27-21/h4,7-8,10,12-14,20H,5-6,9,11H2,1-3H3,(H,27,28,29)/t13-,14?/m1/s1. The Morgan fingerprint density at radius 3 is 2.66 bits per heavy atom. The number of hydrogen-bond acceptors (Lipinski definition) is 5. The van der Waals surface area contributed by atoms with Crippen molar-refractivity contribution in [3.8, 4) is 0 Å².